The van der Waals surface area contributed by atoms with Crippen molar-refractivity contribution < 1.29 is 14.6 Å². The van der Waals surface area contributed by atoms with Gasteiger partial charge in [0, 0.05) is 17.4 Å². The molecule has 0 bridgehead atoms. The first-order chi connectivity index (χ1) is 13.7. The Morgan fingerprint density at radius 1 is 1.07 bits per heavy atom. The number of rotatable bonds is 6. The maximum absolute atomic E-state index is 8.89. The molecule has 4 aromatic rings. The molecule has 0 atom stereocenters. The average Bonchev–Trinajstić information content (AvgIpc) is 3.14. The van der Waals surface area contributed by atoms with Gasteiger partial charge in [0.1, 0.15) is 30.3 Å². The number of nitrogens with two attached hydrogens (primary N) is 1. The van der Waals surface area contributed by atoms with Gasteiger partial charge in [-0.05, 0) is 42.0 Å². The molecule has 0 aliphatic heterocycles. The van der Waals surface area contributed by atoms with Crippen LogP contribution in [0.2, 0.25) is 0 Å². The molecule has 0 saturated carbocycles. The zero-order valence-corrected chi connectivity index (χ0v) is 15.4. The number of nitrogens with zero attached hydrogens (tertiary/aromatic N) is 3. The molecule has 7 heteroatoms. The third-order valence-corrected chi connectivity index (χ3v) is 4.47. The van der Waals surface area contributed by atoms with Crippen molar-refractivity contribution in [1.29, 1.82) is 0 Å². The molecule has 2 aromatic carbocycles. The van der Waals surface area contributed by atoms with Crippen molar-refractivity contribution in [2.24, 2.45) is 0 Å². The number of aliphatic hydroxyl groups is 1. The second-order valence-electron chi connectivity index (χ2n) is 6.17. The highest BCUT2D eigenvalue weighted by atomic mass is 16.5. The Labute approximate surface area is 162 Å². The summed E-state index contributed by atoms with van der Waals surface area (Å²) >= 11 is 0. The molecule has 0 spiro atoms. The van der Waals surface area contributed by atoms with Gasteiger partial charge in [-0.1, -0.05) is 12.1 Å². The molecule has 4 rings (SSSR count). The van der Waals surface area contributed by atoms with Crippen LogP contribution in [0, 0.1) is 0 Å². The molecule has 0 fully saturated rings. The van der Waals surface area contributed by atoms with E-state index in [-0.39, 0.29) is 13.2 Å². The molecule has 2 aromatic heterocycles. The summed E-state index contributed by atoms with van der Waals surface area (Å²) in [7, 11) is 1.64. The lowest BCUT2D eigenvalue weighted by molar-refractivity contribution is 0.201. The lowest BCUT2D eigenvalue weighted by Crippen LogP contribution is -2.01. The van der Waals surface area contributed by atoms with E-state index in [1.807, 2.05) is 59.3 Å². The first-order valence-corrected chi connectivity index (χ1v) is 8.81. The van der Waals surface area contributed by atoms with Gasteiger partial charge in [0.25, 0.3) is 0 Å². The number of hydrogen-bond acceptors (Lipinski definition) is 6. The summed E-state index contributed by atoms with van der Waals surface area (Å²) in [6.07, 6.45) is 3.45. The van der Waals surface area contributed by atoms with Gasteiger partial charge in [0.05, 0.1) is 19.1 Å². The summed E-state index contributed by atoms with van der Waals surface area (Å²) in [5.74, 6) is 1.88. The van der Waals surface area contributed by atoms with Crippen molar-refractivity contribution in [2.45, 2.75) is 0 Å². The number of aliphatic hydroxyl groups excluding tert-OH is 1. The Balaban J connectivity index is 1.85. The molecule has 0 unspecified atom stereocenters. The topological polar surface area (TPSA) is 95.4 Å². The van der Waals surface area contributed by atoms with Crippen molar-refractivity contribution in [3.63, 3.8) is 0 Å². The molecule has 142 valence electrons. The number of anilines is 1. The van der Waals surface area contributed by atoms with E-state index >= 15 is 0 Å². The molecule has 28 heavy (non-hydrogen) atoms. The molecular formula is C21H20N4O3. The minimum atomic E-state index is -0.0237. The van der Waals surface area contributed by atoms with Crippen LogP contribution in [0.3, 0.4) is 0 Å². The van der Waals surface area contributed by atoms with Gasteiger partial charge < -0.3 is 24.9 Å². The molecule has 0 aliphatic carbocycles. The van der Waals surface area contributed by atoms with Crippen molar-refractivity contribution in [1.82, 2.24) is 14.5 Å². The number of methoxy groups -OCH3 is 1. The molecule has 7 nitrogen and oxygen atoms in total. The standard InChI is InChI=1S/C21H20N4O3/c1-27-17-4-2-3-14(11-17)18-12-25(21-19(18)20(22)23-13-24-21)15-5-7-16(8-6-15)28-10-9-26/h2-8,11-13,26H,9-10H2,1H3,(H2,22,23,24). The second kappa shape index (κ2) is 7.58. The fraction of sp³-hybridized carbons (Fsp3) is 0.143. The van der Waals surface area contributed by atoms with Gasteiger partial charge in [-0.25, -0.2) is 9.97 Å². The van der Waals surface area contributed by atoms with Crippen LogP contribution in [0.25, 0.3) is 27.8 Å². The first-order valence-electron chi connectivity index (χ1n) is 8.81. The largest absolute Gasteiger partial charge is 0.497 e. The van der Waals surface area contributed by atoms with Gasteiger partial charge in [0.2, 0.25) is 0 Å². The van der Waals surface area contributed by atoms with Crippen molar-refractivity contribution in [2.75, 3.05) is 26.1 Å². The van der Waals surface area contributed by atoms with Crippen molar-refractivity contribution in [3.05, 3.63) is 61.1 Å². The van der Waals surface area contributed by atoms with E-state index in [4.69, 9.17) is 20.3 Å². The van der Waals surface area contributed by atoms with Gasteiger partial charge in [-0.15, -0.1) is 0 Å². The Kier molecular flexibility index (Phi) is 4.82. The number of hydrogen-bond donors (Lipinski definition) is 2. The molecule has 0 amide bonds. The molecule has 2 heterocycles. The number of aromatic nitrogens is 3. The molecule has 0 saturated heterocycles. The highest BCUT2D eigenvalue weighted by Gasteiger charge is 2.16. The summed E-state index contributed by atoms with van der Waals surface area (Å²) in [4.78, 5) is 8.62. The molecule has 3 N–H and O–H groups in total. The number of ether oxygens (including phenoxy) is 2. The summed E-state index contributed by atoms with van der Waals surface area (Å²) < 4.78 is 12.8. The minimum Gasteiger partial charge on any atom is -0.497 e. The van der Waals surface area contributed by atoms with Crippen LogP contribution in [0.1, 0.15) is 0 Å². The Morgan fingerprint density at radius 2 is 1.89 bits per heavy atom. The van der Waals surface area contributed by atoms with Crippen LogP contribution in [-0.4, -0.2) is 40.0 Å². The number of benzene rings is 2. The van der Waals surface area contributed by atoms with Crippen molar-refractivity contribution in [3.8, 4) is 28.3 Å². The monoisotopic (exact) mass is 376 g/mol. The molecular weight excluding hydrogens is 356 g/mol. The lowest BCUT2D eigenvalue weighted by atomic mass is 10.1. The van der Waals surface area contributed by atoms with Gasteiger partial charge >= 0.3 is 0 Å². The van der Waals surface area contributed by atoms with Crippen LogP contribution in [0.15, 0.2) is 61.1 Å². The third kappa shape index (κ3) is 3.23. The predicted octanol–water partition coefficient (Wildman–Crippen LogP) is 3.05. The quantitative estimate of drug-likeness (QED) is 0.537. The van der Waals surface area contributed by atoms with Crippen LogP contribution in [-0.2, 0) is 0 Å². The predicted molar refractivity (Wildman–Crippen MR) is 108 cm³/mol. The van der Waals surface area contributed by atoms with E-state index in [1.165, 1.54) is 6.33 Å². The van der Waals surface area contributed by atoms with E-state index in [0.29, 0.717) is 17.2 Å². The first kappa shape index (κ1) is 17.8. The van der Waals surface area contributed by atoms with E-state index in [9.17, 15) is 0 Å². The van der Waals surface area contributed by atoms with E-state index in [0.717, 1.165) is 28.0 Å². The number of fused-ring (bicyclic) bond motifs is 1. The zero-order chi connectivity index (χ0) is 19.5. The summed E-state index contributed by atoms with van der Waals surface area (Å²) in [5.41, 5.74) is 9.71. The maximum atomic E-state index is 8.89. The molecule has 0 radical (unpaired) electrons. The Hall–Kier alpha value is -3.58. The fourth-order valence-corrected chi connectivity index (χ4v) is 3.16. The summed E-state index contributed by atoms with van der Waals surface area (Å²) in [6.45, 7) is 0.236. The maximum Gasteiger partial charge on any atom is 0.150 e. The number of nitrogen functional groups attached to an aromatic ring is 1. The fourth-order valence-electron chi connectivity index (χ4n) is 3.16. The van der Waals surface area contributed by atoms with Crippen LogP contribution in [0.4, 0.5) is 5.82 Å². The highest BCUT2D eigenvalue weighted by Crippen LogP contribution is 2.35. The van der Waals surface area contributed by atoms with Crippen LogP contribution < -0.4 is 15.2 Å². The summed E-state index contributed by atoms with van der Waals surface area (Å²) in [5, 5.41) is 9.68. The third-order valence-electron chi connectivity index (χ3n) is 4.47. The average molecular weight is 376 g/mol. The minimum absolute atomic E-state index is 0.0237. The molecule has 0 aliphatic rings. The van der Waals surface area contributed by atoms with Crippen molar-refractivity contribution >= 4 is 16.9 Å². The van der Waals surface area contributed by atoms with E-state index < -0.39 is 0 Å². The smallest absolute Gasteiger partial charge is 0.150 e. The summed E-state index contributed by atoms with van der Waals surface area (Å²) in [6, 6.07) is 15.4. The zero-order valence-electron chi connectivity index (χ0n) is 15.4. The van der Waals surface area contributed by atoms with E-state index in [1.54, 1.807) is 7.11 Å². The van der Waals surface area contributed by atoms with E-state index in [2.05, 4.69) is 9.97 Å². The Bertz CT molecular complexity index is 1110. The van der Waals surface area contributed by atoms with Gasteiger partial charge in [-0.2, -0.15) is 0 Å². The normalized spacial score (nSPS) is 10.9. The van der Waals surface area contributed by atoms with Gasteiger partial charge in [0.15, 0.2) is 5.65 Å². The van der Waals surface area contributed by atoms with Gasteiger partial charge in [-0.3, -0.25) is 0 Å². The SMILES string of the molecule is COc1cccc(-c2cn(-c3ccc(OCCO)cc3)c3ncnc(N)c23)c1. The second-order valence-corrected chi connectivity index (χ2v) is 6.17. The van der Waals surface area contributed by atoms with Crippen LogP contribution in [0.5, 0.6) is 11.5 Å². The van der Waals surface area contributed by atoms with Crippen LogP contribution >= 0.6 is 0 Å². The Morgan fingerprint density at radius 3 is 2.64 bits per heavy atom. The highest BCUT2D eigenvalue weighted by molar-refractivity contribution is 6.01. The lowest BCUT2D eigenvalue weighted by Gasteiger charge is -2.07.